The van der Waals surface area contributed by atoms with Crippen molar-refractivity contribution in [3.05, 3.63) is 65.2 Å². The predicted molar refractivity (Wildman–Crippen MR) is 82.6 cm³/mol. The lowest BCUT2D eigenvalue weighted by Crippen LogP contribution is -2.15. The fourth-order valence-electron chi connectivity index (χ4n) is 1.91. The fraction of sp³-hybridized carbons (Fsp3) is 0.188. The summed E-state index contributed by atoms with van der Waals surface area (Å²) in [7, 11) is 0. The van der Waals surface area contributed by atoms with Gasteiger partial charge in [-0.1, -0.05) is 34.1 Å². The Hall–Kier alpha value is -1.75. The van der Waals surface area contributed by atoms with Gasteiger partial charge in [-0.2, -0.15) is 0 Å². The van der Waals surface area contributed by atoms with Gasteiger partial charge in [0.25, 0.3) is 0 Å². The molecule has 0 spiro atoms. The third-order valence-electron chi connectivity index (χ3n) is 2.99. The molecule has 0 fully saturated rings. The maximum absolute atomic E-state index is 13.5. The molecule has 0 bridgehead atoms. The van der Waals surface area contributed by atoms with Crippen molar-refractivity contribution >= 4 is 27.5 Å². The average Bonchev–Trinajstić information content (AvgIpc) is 2.44. The van der Waals surface area contributed by atoms with E-state index in [9.17, 15) is 13.6 Å². The first-order valence-electron chi connectivity index (χ1n) is 6.47. The van der Waals surface area contributed by atoms with Crippen LogP contribution in [-0.2, 0) is 17.6 Å². The quantitative estimate of drug-likeness (QED) is 0.806. The number of amides is 1. The van der Waals surface area contributed by atoms with Crippen LogP contribution >= 0.6 is 15.9 Å². The van der Waals surface area contributed by atoms with Crippen LogP contribution in [0.25, 0.3) is 0 Å². The summed E-state index contributed by atoms with van der Waals surface area (Å²) in [6, 6.07) is 10.7. The molecular weight excluding hydrogens is 340 g/mol. The molecule has 0 aliphatic rings. The second-order valence-electron chi connectivity index (χ2n) is 4.60. The van der Waals surface area contributed by atoms with E-state index < -0.39 is 11.6 Å². The average molecular weight is 354 g/mol. The summed E-state index contributed by atoms with van der Waals surface area (Å²) in [6.45, 7) is 0. The van der Waals surface area contributed by atoms with Crippen LogP contribution in [0.5, 0.6) is 0 Å². The Morgan fingerprint density at radius 3 is 2.43 bits per heavy atom. The molecule has 2 aromatic carbocycles. The van der Waals surface area contributed by atoms with Crippen LogP contribution in [0.15, 0.2) is 42.5 Å². The number of aryl methyl sites for hydroxylation is 1. The molecule has 5 heteroatoms. The summed E-state index contributed by atoms with van der Waals surface area (Å²) in [6.07, 6.45) is 0.782. The molecular formula is C16H14BrF2NO. The predicted octanol–water partition coefficient (Wildman–Crippen LogP) is 4.08. The second-order valence-corrected chi connectivity index (χ2v) is 5.39. The van der Waals surface area contributed by atoms with Gasteiger partial charge in [0, 0.05) is 17.1 Å². The number of anilines is 1. The monoisotopic (exact) mass is 353 g/mol. The maximum Gasteiger partial charge on any atom is 0.228 e. The van der Waals surface area contributed by atoms with E-state index in [1.807, 2.05) is 12.1 Å². The molecule has 0 atom stereocenters. The van der Waals surface area contributed by atoms with E-state index in [1.165, 1.54) is 6.07 Å². The molecule has 0 saturated heterocycles. The molecule has 0 radical (unpaired) electrons. The number of rotatable bonds is 5. The maximum atomic E-state index is 13.5. The Morgan fingerprint density at radius 1 is 1.10 bits per heavy atom. The number of alkyl halides is 1. The Morgan fingerprint density at radius 2 is 1.81 bits per heavy atom. The topological polar surface area (TPSA) is 29.1 Å². The summed E-state index contributed by atoms with van der Waals surface area (Å²) >= 11 is 3.36. The van der Waals surface area contributed by atoms with Crippen LogP contribution in [0, 0.1) is 11.6 Å². The Balaban J connectivity index is 1.98. The van der Waals surface area contributed by atoms with Crippen molar-refractivity contribution in [2.24, 2.45) is 0 Å². The van der Waals surface area contributed by atoms with Crippen LogP contribution in [0.4, 0.5) is 14.5 Å². The van der Waals surface area contributed by atoms with E-state index in [-0.39, 0.29) is 17.9 Å². The zero-order valence-corrected chi connectivity index (χ0v) is 12.8. The summed E-state index contributed by atoms with van der Waals surface area (Å²) in [5, 5.41) is 3.57. The van der Waals surface area contributed by atoms with Gasteiger partial charge in [0.05, 0.1) is 6.42 Å². The Kier molecular flexibility index (Phi) is 5.44. The molecule has 0 aliphatic carbocycles. The van der Waals surface area contributed by atoms with Crippen molar-refractivity contribution < 1.29 is 13.6 Å². The van der Waals surface area contributed by atoms with Gasteiger partial charge >= 0.3 is 0 Å². The zero-order chi connectivity index (χ0) is 15.2. The van der Waals surface area contributed by atoms with Crippen LogP contribution in [-0.4, -0.2) is 11.2 Å². The number of carbonyl (C=O) groups excluding carboxylic acids is 1. The molecule has 2 aromatic rings. The number of halogens is 3. The van der Waals surface area contributed by atoms with Crippen molar-refractivity contribution in [1.82, 2.24) is 0 Å². The molecule has 0 saturated carbocycles. The van der Waals surface area contributed by atoms with E-state index >= 15 is 0 Å². The third-order valence-corrected chi connectivity index (χ3v) is 3.38. The number of carbonyl (C=O) groups is 1. The normalized spacial score (nSPS) is 10.4. The summed E-state index contributed by atoms with van der Waals surface area (Å²) in [5.41, 5.74) is 1.99. The second kappa shape index (κ2) is 7.31. The number of nitrogens with one attached hydrogen (secondary N) is 1. The van der Waals surface area contributed by atoms with E-state index in [2.05, 4.69) is 21.2 Å². The smallest absolute Gasteiger partial charge is 0.228 e. The van der Waals surface area contributed by atoms with Gasteiger partial charge in [0.2, 0.25) is 5.91 Å². The number of benzene rings is 2. The minimum absolute atomic E-state index is 0.130. The van der Waals surface area contributed by atoms with Gasteiger partial charge in [-0.15, -0.1) is 0 Å². The highest BCUT2D eigenvalue weighted by molar-refractivity contribution is 9.09. The van der Waals surface area contributed by atoms with E-state index in [1.54, 1.807) is 12.1 Å². The van der Waals surface area contributed by atoms with Gasteiger partial charge < -0.3 is 5.32 Å². The minimum Gasteiger partial charge on any atom is -0.326 e. The zero-order valence-electron chi connectivity index (χ0n) is 11.2. The SMILES string of the molecule is O=C(Cc1ccc(F)cc1F)Nc1ccc(CCBr)cc1. The van der Waals surface area contributed by atoms with Crippen molar-refractivity contribution in [2.75, 3.05) is 10.6 Å². The summed E-state index contributed by atoms with van der Waals surface area (Å²) in [5.74, 6) is -1.70. The molecule has 1 amide bonds. The molecule has 0 heterocycles. The summed E-state index contributed by atoms with van der Waals surface area (Å²) < 4.78 is 26.3. The van der Waals surface area contributed by atoms with Crippen LogP contribution in [0.3, 0.4) is 0 Å². The van der Waals surface area contributed by atoms with E-state index in [0.717, 1.165) is 29.4 Å². The lowest BCUT2D eigenvalue weighted by atomic mass is 10.1. The van der Waals surface area contributed by atoms with Crippen molar-refractivity contribution in [3.8, 4) is 0 Å². The molecule has 2 nitrogen and oxygen atoms in total. The van der Waals surface area contributed by atoms with Crippen LogP contribution in [0.2, 0.25) is 0 Å². The third kappa shape index (κ3) is 4.63. The molecule has 0 aliphatic heterocycles. The van der Waals surface area contributed by atoms with Gasteiger partial charge in [-0.3, -0.25) is 4.79 Å². The van der Waals surface area contributed by atoms with Crippen molar-refractivity contribution in [3.63, 3.8) is 0 Å². The first kappa shape index (κ1) is 15.6. The van der Waals surface area contributed by atoms with Gasteiger partial charge in [-0.05, 0) is 35.7 Å². The van der Waals surface area contributed by atoms with Crippen LogP contribution in [0.1, 0.15) is 11.1 Å². The van der Waals surface area contributed by atoms with Gasteiger partial charge in [0.1, 0.15) is 11.6 Å². The molecule has 0 aromatic heterocycles. The fourth-order valence-corrected chi connectivity index (χ4v) is 2.36. The molecule has 21 heavy (non-hydrogen) atoms. The lowest BCUT2D eigenvalue weighted by molar-refractivity contribution is -0.115. The highest BCUT2D eigenvalue weighted by atomic mass is 79.9. The van der Waals surface area contributed by atoms with Gasteiger partial charge in [0.15, 0.2) is 0 Å². The Bertz CT molecular complexity index is 629. The van der Waals surface area contributed by atoms with Crippen molar-refractivity contribution in [1.29, 1.82) is 0 Å². The number of hydrogen-bond acceptors (Lipinski definition) is 1. The molecule has 110 valence electrons. The van der Waals surface area contributed by atoms with Gasteiger partial charge in [-0.25, -0.2) is 8.78 Å². The highest BCUT2D eigenvalue weighted by Gasteiger charge is 2.09. The van der Waals surface area contributed by atoms with Crippen molar-refractivity contribution in [2.45, 2.75) is 12.8 Å². The van der Waals surface area contributed by atoms with E-state index in [0.29, 0.717) is 5.69 Å². The lowest BCUT2D eigenvalue weighted by Gasteiger charge is -2.07. The van der Waals surface area contributed by atoms with E-state index in [4.69, 9.17) is 0 Å². The summed E-state index contributed by atoms with van der Waals surface area (Å²) in [4.78, 5) is 11.9. The minimum atomic E-state index is -0.710. The molecule has 0 unspecified atom stereocenters. The highest BCUT2D eigenvalue weighted by Crippen LogP contribution is 2.13. The molecule has 1 N–H and O–H groups in total. The first-order valence-corrected chi connectivity index (χ1v) is 7.59. The standard InChI is InChI=1S/C16H14BrF2NO/c17-8-7-11-1-5-14(6-2-11)20-16(21)9-12-3-4-13(18)10-15(12)19/h1-6,10H,7-9H2,(H,20,21). The first-order chi connectivity index (χ1) is 10.1. The largest absolute Gasteiger partial charge is 0.326 e. The van der Waals surface area contributed by atoms with Crippen LogP contribution < -0.4 is 5.32 Å². The molecule has 2 rings (SSSR count). The Labute approximate surface area is 130 Å². The number of hydrogen-bond donors (Lipinski definition) is 1.